The topological polar surface area (TPSA) is 75.6 Å². The number of quaternary nitrogens is 2. The zero-order chi connectivity index (χ0) is 15.4. The van der Waals surface area contributed by atoms with Crippen LogP contribution in [0.3, 0.4) is 0 Å². The van der Waals surface area contributed by atoms with Gasteiger partial charge in [0.25, 0.3) is 0 Å². The summed E-state index contributed by atoms with van der Waals surface area (Å²) in [4.78, 5) is 7.47. The van der Waals surface area contributed by atoms with Crippen LogP contribution in [0.2, 0.25) is 0 Å². The highest BCUT2D eigenvalue weighted by Crippen LogP contribution is 2.20. The molecule has 3 heterocycles. The van der Waals surface area contributed by atoms with Crippen LogP contribution in [-0.2, 0) is 9.57 Å². The smallest absolute Gasteiger partial charge is 0.183 e. The molecule has 3 aliphatic heterocycles. The predicted octanol–water partition coefficient (Wildman–Crippen LogP) is -3.02. The van der Waals surface area contributed by atoms with Gasteiger partial charge in [0, 0.05) is 45.3 Å². The lowest BCUT2D eigenvalue weighted by Crippen LogP contribution is -3.12. The van der Waals surface area contributed by atoms with Crippen molar-refractivity contribution < 1.29 is 19.8 Å². The summed E-state index contributed by atoms with van der Waals surface area (Å²) in [6, 6.07) is 0.586. The Balaban J connectivity index is 1.45. The van der Waals surface area contributed by atoms with Gasteiger partial charge in [0.1, 0.15) is 12.2 Å². The molecule has 6 atom stereocenters. The number of hydrogen-bond donors (Lipinski definition) is 5. The molecule has 3 saturated heterocycles. The fraction of sp³-hybridized carbons (Fsp3) is 1.00. The van der Waals surface area contributed by atoms with Gasteiger partial charge >= 0.3 is 0 Å². The number of methoxy groups -OCH3 is 1. The zero-order valence-corrected chi connectivity index (χ0v) is 13.9. The Morgan fingerprint density at radius 2 is 2.32 bits per heavy atom. The van der Waals surface area contributed by atoms with Crippen molar-refractivity contribution in [2.24, 2.45) is 5.92 Å². The third-order valence-corrected chi connectivity index (χ3v) is 5.48. The first-order valence-corrected chi connectivity index (χ1v) is 8.83. The largest absolute Gasteiger partial charge is 0.383 e. The summed E-state index contributed by atoms with van der Waals surface area (Å²) < 4.78 is 5.12. The lowest BCUT2D eigenvalue weighted by Gasteiger charge is -2.31. The van der Waals surface area contributed by atoms with Gasteiger partial charge in [-0.15, -0.1) is 0 Å². The molecule has 0 aromatic rings. The van der Waals surface area contributed by atoms with Crippen LogP contribution in [-0.4, -0.2) is 65.0 Å². The van der Waals surface area contributed by atoms with Crippen molar-refractivity contribution in [3.8, 4) is 0 Å². The molecule has 3 rings (SSSR count). The summed E-state index contributed by atoms with van der Waals surface area (Å²) in [7, 11) is 4.03. The number of ether oxygens (including phenoxy) is 1. The third-order valence-electron chi connectivity index (χ3n) is 5.48. The van der Waals surface area contributed by atoms with E-state index < -0.39 is 0 Å². The van der Waals surface area contributed by atoms with Crippen LogP contribution >= 0.6 is 0 Å². The van der Waals surface area contributed by atoms with Crippen LogP contribution in [0.5, 0.6) is 0 Å². The van der Waals surface area contributed by atoms with E-state index in [2.05, 4.69) is 28.5 Å². The van der Waals surface area contributed by atoms with E-state index in [1.165, 1.54) is 32.4 Å². The van der Waals surface area contributed by atoms with E-state index in [0.29, 0.717) is 24.3 Å². The van der Waals surface area contributed by atoms with E-state index in [1.807, 2.05) is 0 Å². The van der Waals surface area contributed by atoms with Gasteiger partial charge < -0.3 is 15.0 Å². The Labute approximate surface area is 133 Å². The molecule has 0 aliphatic carbocycles. The summed E-state index contributed by atoms with van der Waals surface area (Å²) in [5.74, 6) is 0.622. The Bertz CT molecular complexity index is 346. The lowest BCUT2D eigenvalue weighted by molar-refractivity contribution is -0.896. The second kappa shape index (κ2) is 8.01. The molecule has 0 radical (unpaired) electrons. The summed E-state index contributed by atoms with van der Waals surface area (Å²) in [6.45, 7) is 4.14. The fourth-order valence-corrected chi connectivity index (χ4v) is 4.13. The number of likely N-dealkylation sites (N-methyl/N-ethyl adjacent to an activating group) is 1. The van der Waals surface area contributed by atoms with Crippen LogP contribution in [0.25, 0.3) is 0 Å². The quantitative estimate of drug-likeness (QED) is 0.337. The van der Waals surface area contributed by atoms with Gasteiger partial charge in [0.2, 0.25) is 0 Å². The van der Waals surface area contributed by atoms with E-state index >= 15 is 0 Å². The summed E-state index contributed by atoms with van der Waals surface area (Å²) in [6.07, 6.45) is 5.92. The number of hydrogen-bond acceptors (Lipinski definition) is 5. The SMILES string of the molecule is COCCNC1CC(C2NOC([C@@H]3CCC[NH+]3C)N2)CC[NH2+]1. The molecule has 0 bridgehead atoms. The number of rotatable bonds is 6. The first-order chi connectivity index (χ1) is 10.8. The van der Waals surface area contributed by atoms with E-state index in [9.17, 15) is 0 Å². The van der Waals surface area contributed by atoms with Gasteiger partial charge in [-0.1, -0.05) is 0 Å². The van der Waals surface area contributed by atoms with Gasteiger partial charge in [-0.2, -0.15) is 5.48 Å². The number of hydroxylamine groups is 1. The van der Waals surface area contributed by atoms with Gasteiger partial charge in [-0.05, 0) is 0 Å². The van der Waals surface area contributed by atoms with Crippen molar-refractivity contribution in [3.63, 3.8) is 0 Å². The van der Waals surface area contributed by atoms with Crippen molar-refractivity contribution in [1.29, 1.82) is 0 Å². The van der Waals surface area contributed by atoms with Crippen LogP contribution in [0, 0.1) is 5.92 Å². The Morgan fingerprint density at radius 3 is 3.09 bits per heavy atom. The van der Waals surface area contributed by atoms with Crippen molar-refractivity contribution in [3.05, 3.63) is 0 Å². The maximum absolute atomic E-state index is 5.87. The number of piperidine rings is 1. The number of nitrogens with one attached hydrogen (secondary N) is 4. The Hall–Kier alpha value is -0.280. The van der Waals surface area contributed by atoms with Crippen molar-refractivity contribution in [2.45, 2.75) is 50.3 Å². The molecule has 22 heavy (non-hydrogen) atoms. The van der Waals surface area contributed by atoms with E-state index in [4.69, 9.17) is 9.57 Å². The molecule has 7 heteroatoms. The molecule has 7 nitrogen and oxygen atoms in total. The minimum absolute atomic E-state index is 0.165. The summed E-state index contributed by atoms with van der Waals surface area (Å²) in [5, 5.41) is 9.68. The summed E-state index contributed by atoms with van der Waals surface area (Å²) >= 11 is 0. The van der Waals surface area contributed by atoms with Crippen LogP contribution < -0.4 is 26.3 Å². The average Bonchev–Trinajstić information content (AvgIpc) is 3.16. The number of nitrogens with two attached hydrogens (primary N) is 1. The maximum Gasteiger partial charge on any atom is 0.183 e. The fourth-order valence-electron chi connectivity index (χ4n) is 4.13. The standard InChI is InChI=1S/C15H31N5O2/c1-20-8-3-4-12(20)15-18-14(19-22-15)11-5-6-16-13(10-11)17-7-9-21-2/h11-19H,3-10H2,1-2H3/p+2/t11?,12-,13?,14?,15?/m0/s1. The maximum atomic E-state index is 5.87. The van der Waals surface area contributed by atoms with Crippen LogP contribution in [0.4, 0.5) is 0 Å². The molecule has 3 aliphatic rings. The summed E-state index contributed by atoms with van der Waals surface area (Å²) in [5.41, 5.74) is 3.27. The molecule has 128 valence electrons. The normalized spacial score (nSPS) is 42.8. The Kier molecular flexibility index (Phi) is 6.03. The molecule has 0 spiro atoms. The molecule has 5 unspecified atom stereocenters. The highest BCUT2D eigenvalue weighted by Gasteiger charge is 2.42. The van der Waals surface area contributed by atoms with Crippen molar-refractivity contribution >= 4 is 0 Å². The van der Waals surface area contributed by atoms with Gasteiger partial charge in [0.05, 0.1) is 32.9 Å². The second-order valence-electron chi connectivity index (χ2n) is 7.01. The predicted molar refractivity (Wildman–Crippen MR) is 82.9 cm³/mol. The molecule has 0 amide bonds. The highest BCUT2D eigenvalue weighted by atomic mass is 16.7. The first-order valence-electron chi connectivity index (χ1n) is 8.83. The molecule has 3 fully saturated rings. The average molecular weight is 315 g/mol. The second-order valence-corrected chi connectivity index (χ2v) is 7.01. The van der Waals surface area contributed by atoms with Crippen LogP contribution in [0.1, 0.15) is 25.7 Å². The van der Waals surface area contributed by atoms with Crippen molar-refractivity contribution in [1.82, 2.24) is 16.1 Å². The third kappa shape index (κ3) is 3.97. The Morgan fingerprint density at radius 1 is 1.41 bits per heavy atom. The van der Waals surface area contributed by atoms with E-state index in [-0.39, 0.29) is 6.23 Å². The molecule has 0 aromatic heterocycles. The van der Waals surface area contributed by atoms with Gasteiger partial charge in [-0.25, -0.2) is 0 Å². The first kappa shape index (κ1) is 16.6. The zero-order valence-electron chi connectivity index (χ0n) is 13.9. The molecular weight excluding hydrogens is 282 g/mol. The number of likely N-dealkylation sites (tertiary alicyclic amines) is 1. The molecule has 6 N–H and O–H groups in total. The molecular formula is C15H33N5O2+2. The molecule has 0 aromatic carbocycles. The minimum atomic E-state index is 0.165. The van der Waals surface area contributed by atoms with Crippen molar-refractivity contribution in [2.75, 3.05) is 40.4 Å². The lowest BCUT2D eigenvalue weighted by atomic mass is 9.92. The van der Waals surface area contributed by atoms with Gasteiger partial charge in [0.15, 0.2) is 6.23 Å². The highest BCUT2D eigenvalue weighted by molar-refractivity contribution is 4.84. The molecule has 0 saturated carbocycles. The van der Waals surface area contributed by atoms with Crippen LogP contribution in [0.15, 0.2) is 0 Å². The van der Waals surface area contributed by atoms with E-state index in [0.717, 1.165) is 19.6 Å². The van der Waals surface area contributed by atoms with Gasteiger partial charge in [-0.3, -0.25) is 15.5 Å². The monoisotopic (exact) mass is 315 g/mol. The van der Waals surface area contributed by atoms with E-state index in [1.54, 1.807) is 12.0 Å². The minimum Gasteiger partial charge on any atom is -0.383 e.